The minimum atomic E-state index is -0.219. The van der Waals surface area contributed by atoms with Crippen LogP contribution in [-0.2, 0) is 6.54 Å². The van der Waals surface area contributed by atoms with Gasteiger partial charge in [0.1, 0.15) is 5.75 Å². The molecule has 0 aliphatic heterocycles. The monoisotopic (exact) mass is 294 g/mol. The van der Waals surface area contributed by atoms with Gasteiger partial charge in [0.25, 0.3) is 0 Å². The van der Waals surface area contributed by atoms with Crippen LogP contribution in [0.15, 0.2) is 33.0 Å². The van der Waals surface area contributed by atoms with Gasteiger partial charge in [-0.05, 0) is 44.7 Å². The van der Waals surface area contributed by atoms with Gasteiger partial charge in [-0.15, -0.1) is 5.10 Å². The fourth-order valence-electron chi connectivity index (χ4n) is 1.73. The topological polar surface area (TPSA) is 85.9 Å². The molecule has 0 unspecified atom stereocenters. The molecule has 7 heteroatoms. The normalized spacial score (nSPS) is 11.0. The molecule has 108 valence electrons. The second kappa shape index (κ2) is 6.04. The van der Waals surface area contributed by atoms with Crippen LogP contribution in [0.3, 0.4) is 0 Å². The third-order valence-corrected chi connectivity index (χ3v) is 3.70. The molecule has 2 rings (SSSR count). The number of nitrogens with zero attached hydrogens (tertiary/aromatic N) is 2. The molecule has 1 aromatic heterocycles. The van der Waals surface area contributed by atoms with E-state index in [4.69, 9.17) is 10.5 Å². The van der Waals surface area contributed by atoms with Crippen molar-refractivity contribution in [2.24, 2.45) is 0 Å². The maximum Gasteiger partial charge on any atom is 0.343 e. The van der Waals surface area contributed by atoms with Crippen molar-refractivity contribution in [3.05, 3.63) is 28.7 Å². The van der Waals surface area contributed by atoms with Crippen molar-refractivity contribution in [3.63, 3.8) is 0 Å². The number of hydrogen-bond donors (Lipinski definition) is 2. The molecule has 1 aromatic carbocycles. The molecule has 0 atom stereocenters. The Hall–Kier alpha value is -1.89. The molecule has 0 spiro atoms. The highest BCUT2D eigenvalue weighted by atomic mass is 32.2. The molecule has 0 saturated carbocycles. The molecule has 0 aliphatic rings. The van der Waals surface area contributed by atoms with Crippen LogP contribution in [-0.4, -0.2) is 20.9 Å². The summed E-state index contributed by atoms with van der Waals surface area (Å²) in [4.78, 5) is 12.4. The molecule has 0 aliphatic carbocycles. The Kier molecular flexibility index (Phi) is 4.39. The van der Waals surface area contributed by atoms with Crippen LogP contribution in [0.1, 0.15) is 20.8 Å². The molecule has 6 nitrogen and oxygen atoms in total. The number of rotatable bonds is 5. The quantitative estimate of drug-likeness (QED) is 0.825. The number of ether oxygens (including phenoxy) is 1. The zero-order valence-electron chi connectivity index (χ0n) is 11.7. The van der Waals surface area contributed by atoms with Gasteiger partial charge >= 0.3 is 5.69 Å². The molecule has 0 radical (unpaired) electrons. The Balaban J connectivity index is 2.32. The summed E-state index contributed by atoms with van der Waals surface area (Å²) in [7, 11) is 0. The lowest BCUT2D eigenvalue weighted by Crippen LogP contribution is -2.16. The number of nitrogens with one attached hydrogen (secondary N) is 1. The molecular weight excluding hydrogens is 276 g/mol. The largest absolute Gasteiger partial charge is 0.489 e. The van der Waals surface area contributed by atoms with Crippen LogP contribution in [0.2, 0.25) is 0 Å². The number of hydrogen-bond acceptors (Lipinski definition) is 5. The lowest BCUT2D eigenvalue weighted by molar-refractivity contribution is 0.243. The minimum Gasteiger partial charge on any atom is -0.489 e. The predicted molar refractivity (Wildman–Crippen MR) is 79.3 cm³/mol. The molecule has 3 N–H and O–H groups in total. The van der Waals surface area contributed by atoms with Crippen molar-refractivity contribution in [3.8, 4) is 5.75 Å². The molecule has 0 bridgehead atoms. The predicted octanol–water partition coefficient (Wildman–Crippen LogP) is 2.11. The van der Waals surface area contributed by atoms with Crippen molar-refractivity contribution in [2.45, 2.75) is 43.5 Å². The van der Waals surface area contributed by atoms with Gasteiger partial charge in [0.15, 0.2) is 5.16 Å². The zero-order valence-corrected chi connectivity index (χ0v) is 12.5. The van der Waals surface area contributed by atoms with E-state index < -0.39 is 0 Å². The van der Waals surface area contributed by atoms with E-state index in [1.165, 1.54) is 11.8 Å². The average Bonchev–Trinajstić information content (AvgIpc) is 2.74. The second-order valence-corrected chi connectivity index (χ2v) is 5.50. The molecule has 0 amide bonds. The number of nitrogens with two attached hydrogens (primary N) is 1. The van der Waals surface area contributed by atoms with Crippen molar-refractivity contribution < 1.29 is 4.74 Å². The first-order chi connectivity index (χ1) is 9.52. The maximum absolute atomic E-state index is 11.5. The van der Waals surface area contributed by atoms with E-state index in [-0.39, 0.29) is 11.8 Å². The number of anilines is 1. The van der Waals surface area contributed by atoms with E-state index in [9.17, 15) is 4.79 Å². The smallest absolute Gasteiger partial charge is 0.343 e. The van der Waals surface area contributed by atoms with E-state index in [1.807, 2.05) is 39.0 Å². The van der Waals surface area contributed by atoms with Crippen LogP contribution >= 0.6 is 11.8 Å². The Morgan fingerprint density at radius 1 is 1.50 bits per heavy atom. The van der Waals surface area contributed by atoms with Gasteiger partial charge in [-0.25, -0.2) is 9.89 Å². The zero-order chi connectivity index (χ0) is 14.7. The summed E-state index contributed by atoms with van der Waals surface area (Å²) in [6.45, 7) is 6.34. The summed E-state index contributed by atoms with van der Waals surface area (Å²) < 4.78 is 7.21. The van der Waals surface area contributed by atoms with Crippen molar-refractivity contribution in [2.75, 3.05) is 5.73 Å². The third-order valence-electron chi connectivity index (χ3n) is 2.63. The number of benzene rings is 1. The summed E-state index contributed by atoms with van der Waals surface area (Å²) >= 11 is 1.34. The van der Waals surface area contributed by atoms with Gasteiger partial charge in [-0.1, -0.05) is 6.07 Å². The SMILES string of the molecule is CCn1c(Sc2cccc(OC(C)C)c2N)n[nH]c1=O. The number of para-hydroxylation sites is 1. The van der Waals surface area contributed by atoms with Crippen LogP contribution < -0.4 is 16.2 Å². The molecule has 1 heterocycles. The van der Waals surface area contributed by atoms with Gasteiger partial charge in [0.05, 0.1) is 11.8 Å². The van der Waals surface area contributed by atoms with E-state index in [2.05, 4.69) is 10.2 Å². The van der Waals surface area contributed by atoms with E-state index >= 15 is 0 Å². The summed E-state index contributed by atoms with van der Waals surface area (Å²) in [6.07, 6.45) is 0.0526. The Morgan fingerprint density at radius 3 is 2.90 bits per heavy atom. The van der Waals surface area contributed by atoms with Crippen molar-refractivity contribution >= 4 is 17.4 Å². The molecular formula is C13H18N4O2S. The maximum atomic E-state index is 11.5. The molecule has 2 aromatic rings. The third kappa shape index (κ3) is 2.98. The minimum absolute atomic E-state index is 0.0526. The average molecular weight is 294 g/mol. The Bertz CT molecular complexity index is 648. The molecule has 20 heavy (non-hydrogen) atoms. The highest BCUT2D eigenvalue weighted by molar-refractivity contribution is 7.99. The van der Waals surface area contributed by atoms with E-state index in [1.54, 1.807) is 4.57 Å². The van der Waals surface area contributed by atoms with Gasteiger partial charge in [0, 0.05) is 11.4 Å². The standard InChI is InChI=1S/C13H18N4O2S/c1-4-17-12(18)15-16-13(17)20-10-7-5-6-9(11(10)14)19-8(2)3/h5-8H,4,14H2,1-3H3,(H,15,18). The van der Waals surface area contributed by atoms with Crippen molar-refractivity contribution in [1.82, 2.24) is 14.8 Å². The van der Waals surface area contributed by atoms with Gasteiger partial charge in [0.2, 0.25) is 0 Å². The van der Waals surface area contributed by atoms with E-state index in [0.29, 0.717) is 23.1 Å². The molecule has 0 fully saturated rings. The van der Waals surface area contributed by atoms with Crippen LogP contribution in [0.5, 0.6) is 5.75 Å². The summed E-state index contributed by atoms with van der Waals surface area (Å²) in [5.74, 6) is 0.644. The summed E-state index contributed by atoms with van der Waals surface area (Å²) in [5, 5.41) is 7.03. The van der Waals surface area contributed by atoms with Crippen molar-refractivity contribution in [1.29, 1.82) is 0 Å². The summed E-state index contributed by atoms with van der Waals surface area (Å²) in [5.41, 5.74) is 6.45. The van der Waals surface area contributed by atoms with Crippen LogP contribution in [0, 0.1) is 0 Å². The summed E-state index contributed by atoms with van der Waals surface area (Å²) in [6, 6.07) is 5.58. The van der Waals surface area contributed by atoms with Gasteiger partial charge in [-0.3, -0.25) is 4.57 Å². The van der Waals surface area contributed by atoms with Crippen LogP contribution in [0.4, 0.5) is 5.69 Å². The number of H-pyrrole nitrogens is 1. The Labute approximate surface area is 121 Å². The highest BCUT2D eigenvalue weighted by Gasteiger charge is 2.13. The first-order valence-electron chi connectivity index (χ1n) is 6.41. The fourth-order valence-corrected chi connectivity index (χ4v) is 2.70. The number of aromatic nitrogens is 3. The second-order valence-electron chi connectivity index (χ2n) is 4.49. The molecule has 0 saturated heterocycles. The lowest BCUT2D eigenvalue weighted by Gasteiger charge is -2.14. The number of aromatic amines is 1. The number of nitrogen functional groups attached to an aromatic ring is 1. The Morgan fingerprint density at radius 2 is 2.25 bits per heavy atom. The van der Waals surface area contributed by atoms with Gasteiger partial charge in [-0.2, -0.15) is 0 Å². The van der Waals surface area contributed by atoms with Gasteiger partial charge < -0.3 is 10.5 Å². The first-order valence-corrected chi connectivity index (χ1v) is 7.22. The van der Waals surface area contributed by atoms with E-state index in [0.717, 1.165) is 4.90 Å². The first kappa shape index (κ1) is 14.5. The van der Waals surface area contributed by atoms with Crippen LogP contribution in [0.25, 0.3) is 0 Å². The highest BCUT2D eigenvalue weighted by Crippen LogP contribution is 2.36. The lowest BCUT2D eigenvalue weighted by atomic mass is 10.3. The fraction of sp³-hybridized carbons (Fsp3) is 0.385.